The number of benzene rings is 1. The number of rotatable bonds is 1. The second-order valence-electron chi connectivity index (χ2n) is 3.14. The molecule has 3 N–H and O–H groups in total. The lowest BCUT2D eigenvalue weighted by Crippen LogP contribution is -2.08. The molecule has 3 aromatic rings. The molecule has 5 heteroatoms. The Bertz CT molecular complexity index is 631. The van der Waals surface area contributed by atoms with Crippen LogP contribution in [0, 0.1) is 0 Å². The maximum Gasteiger partial charge on any atom is 0.161 e. The zero-order valence-electron chi connectivity index (χ0n) is 7.77. The lowest BCUT2D eigenvalue weighted by atomic mass is 10.2. The van der Waals surface area contributed by atoms with Gasteiger partial charge in [-0.05, 0) is 6.07 Å². The minimum Gasteiger partial charge on any atom is -0.307 e. The molecule has 2 aromatic heterocycles. The number of fused-ring (bicyclic) bond motifs is 3. The van der Waals surface area contributed by atoms with Gasteiger partial charge >= 0.3 is 0 Å². The van der Waals surface area contributed by atoms with E-state index in [1.807, 2.05) is 12.1 Å². The number of aromatic nitrogens is 2. The van der Waals surface area contributed by atoms with Crippen LogP contribution in [0.15, 0.2) is 30.6 Å². The predicted octanol–water partition coefficient (Wildman–Crippen LogP) is 2.13. The van der Waals surface area contributed by atoms with Crippen LogP contribution in [-0.2, 0) is 0 Å². The number of hydrogen-bond acceptors (Lipinski definition) is 5. The fraction of sp³-hybridized carbons (Fsp3) is 0. The summed E-state index contributed by atoms with van der Waals surface area (Å²) >= 11 is 1.65. The van der Waals surface area contributed by atoms with Gasteiger partial charge < -0.3 is 5.43 Å². The first-order chi connectivity index (χ1) is 7.40. The molecule has 15 heavy (non-hydrogen) atoms. The van der Waals surface area contributed by atoms with E-state index in [0.717, 1.165) is 15.6 Å². The zero-order chi connectivity index (χ0) is 10.3. The van der Waals surface area contributed by atoms with E-state index in [9.17, 15) is 0 Å². The molecule has 3 rings (SSSR count). The number of nitrogen functional groups attached to an aromatic ring is 1. The highest BCUT2D eigenvalue weighted by Crippen LogP contribution is 2.34. The van der Waals surface area contributed by atoms with Gasteiger partial charge in [0.2, 0.25) is 0 Å². The first kappa shape index (κ1) is 8.58. The van der Waals surface area contributed by atoms with E-state index < -0.39 is 0 Å². The summed E-state index contributed by atoms with van der Waals surface area (Å²) in [5.41, 5.74) is 3.55. The molecule has 1 aromatic carbocycles. The summed E-state index contributed by atoms with van der Waals surface area (Å²) in [5.74, 6) is 6.09. The second kappa shape index (κ2) is 3.15. The molecular weight excluding hydrogens is 208 g/mol. The Morgan fingerprint density at radius 1 is 1.20 bits per heavy atom. The van der Waals surface area contributed by atoms with Crippen molar-refractivity contribution in [3.8, 4) is 0 Å². The zero-order valence-corrected chi connectivity index (χ0v) is 8.58. The molecule has 0 spiro atoms. The SMILES string of the molecule is NNc1ncnc2c1sc1ccccc12. The third-order valence-electron chi connectivity index (χ3n) is 2.29. The normalized spacial score (nSPS) is 11.0. The summed E-state index contributed by atoms with van der Waals surface area (Å²) < 4.78 is 2.20. The molecular formula is C10H8N4S. The molecule has 0 aliphatic rings. The van der Waals surface area contributed by atoms with Gasteiger partial charge in [0.25, 0.3) is 0 Å². The van der Waals surface area contributed by atoms with Gasteiger partial charge in [0.1, 0.15) is 6.33 Å². The summed E-state index contributed by atoms with van der Waals surface area (Å²) in [6.07, 6.45) is 1.52. The van der Waals surface area contributed by atoms with Crippen molar-refractivity contribution in [2.45, 2.75) is 0 Å². The summed E-state index contributed by atoms with van der Waals surface area (Å²) in [6, 6.07) is 8.15. The lowest BCUT2D eigenvalue weighted by molar-refractivity contribution is 1.19. The molecule has 0 fully saturated rings. The van der Waals surface area contributed by atoms with E-state index in [0.29, 0.717) is 5.82 Å². The smallest absolute Gasteiger partial charge is 0.161 e. The summed E-state index contributed by atoms with van der Waals surface area (Å²) in [7, 11) is 0. The molecule has 0 amide bonds. The van der Waals surface area contributed by atoms with Crippen LogP contribution >= 0.6 is 11.3 Å². The third-order valence-corrected chi connectivity index (χ3v) is 3.46. The van der Waals surface area contributed by atoms with Gasteiger partial charge in [-0.2, -0.15) is 0 Å². The highest BCUT2D eigenvalue weighted by molar-refractivity contribution is 7.26. The highest BCUT2D eigenvalue weighted by atomic mass is 32.1. The van der Waals surface area contributed by atoms with Crippen molar-refractivity contribution < 1.29 is 0 Å². The first-order valence-electron chi connectivity index (χ1n) is 4.49. The molecule has 0 aliphatic heterocycles. The van der Waals surface area contributed by atoms with Crippen molar-refractivity contribution in [2.75, 3.05) is 5.43 Å². The van der Waals surface area contributed by atoms with Gasteiger partial charge in [0, 0.05) is 10.1 Å². The molecule has 0 bridgehead atoms. The maximum atomic E-state index is 5.40. The van der Waals surface area contributed by atoms with E-state index in [1.165, 1.54) is 11.0 Å². The molecule has 0 atom stereocenters. The topological polar surface area (TPSA) is 63.8 Å². The van der Waals surface area contributed by atoms with Gasteiger partial charge in [0.05, 0.1) is 10.2 Å². The average molecular weight is 216 g/mol. The van der Waals surface area contributed by atoms with Crippen molar-refractivity contribution in [1.29, 1.82) is 0 Å². The Morgan fingerprint density at radius 2 is 2.07 bits per heavy atom. The van der Waals surface area contributed by atoms with E-state index in [2.05, 4.69) is 27.5 Å². The lowest BCUT2D eigenvalue weighted by Gasteiger charge is -1.97. The standard InChI is InChI=1S/C10H8N4S/c11-14-10-9-8(12-5-13-10)6-3-1-2-4-7(6)15-9/h1-5H,11H2,(H,12,13,14). The van der Waals surface area contributed by atoms with Crippen molar-refractivity contribution in [3.63, 3.8) is 0 Å². The number of nitrogens with two attached hydrogens (primary N) is 1. The molecule has 2 heterocycles. The number of anilines is 1. The van der Waals surface area contributed by atoms with E-state index >= 15 is 0 Å². The minimum absolute atomic E-state index is 0.682. The maximum absolute atomic E-state index is 5.40. The van der Waals surface area contributed by atoms with Crippen LogP contribution in [-0.4, -0.2) is 9.97 Å². The largest absolute Gasteiger partial charge is 0.307 e. The molecule has 74 valence electrons. The summed E-state index contributed by atoms with van der Waals surface area (Å²) in [4.78, 5) is 8.37. The fourth-order valence-electron chi connectivity index (χ4n) is 1.63. The van der Waals surface area contributed by atoms with Gasteiger partial charge in [-0.25, -0.2) is 15.8 Å². The molecule has 0 saturated heterocycles. The molecule has 0 unspecified atom stereocenters. The Labute approximate surface area is 89.7 Å². The highest BCUT2D eigenvalue weighted by Gasteiger charge is 2.09. The van der Waals surface area contributed by atoms with E-state index in [1.54, 1.807) is 11.3 Å². The second-order valence-corrected chi connectivity index (χ2v) is 4.19. The Kier molecular flexibility index (Phi) is 1.80. The molecule has 0 saturated carbocycles. The third kappa shape index (κ3) is 1.17. The Hall–Kier alpha value is -1.72. The first-order valence-corrected chi connectivity index (χ1v) is 5.30. The average Bonchev–Trinajstić information content (AvgIpc) is 2.67. The van der Waals surface area contributed by atoms with Gasteiger partial charge in [-0.1, -0.05) is 18.2 Å². The summed E-state index contributed by atoms with van der Waals surface area (Å²) in [5, 5.41) is 1.15. The van der Waals surface area contributed by atoms with Gasteiger partial charge in [0.15, 0.2) is 5.82 Å². The van der Waals surface area contributed by atoms with Crippen LogP contribution in [0.1, 0.15) is 0 Å². The van der Waals surface area contributed by atoms with Crippen molar-refractivity contribution in [1.82, 2.24) is 9.97 Å². The van der Waals surface area contributed by atoms with Gasteiger partial charge in [-0.3, -0.25) is 0 Å². The van der Waals surface area contributed by atoms with Crippen molar-refractivity contribution in [2.24, 2.45) is 5.84 Å². The van der Waals surface area contributed by atoms with Crippen LogP contribution in [0.25, 0.3) is 20.3 Å². The minimum atomic E-state index is 0.682. The van der Waals surface area contributed by atoms with E-state index in [4.69, 9.17) is 5.84 Å². The Morgan fingerprint density at radius 3 is 2.93 bits per heavy atom. The van der Waals surface area contributed by atoms with Crippen molar-refractivity contribution >= 4 is 37.5 Å². The number of hydrogen-bond donors (Lipinski definition) is 2. The molecule has 4 nitrogen and oxygen atoms in total. The van der Waals surface area contributed by atoms with Crippen molar-refractivity contribution in [3.05, 3.63) is 30.6 Å². The quantitative estimate of drug-likeness (QED) is 0.483. The number of hydrazine groups is 1. The molecule has 0 radical (unpaired) electrons. The van der Waals surface area contributed by atoms with Crippen LogP contribution in [0.5, 0.6) is 0 Å². The van der Waals surface area contributed by atoms with Crippen LogP contribution < -0.4 is 11.3 Å². The van der Waals surface area contributed by atoms with Crippen LogP contribution in [0.2, 0.25) is 0 Å². The Balaban J connectivity index is 2.53. The number of nitrogens with zero attached hydrogens (tertiary/aromatic N) is 2. The summed E-state index contributed by atoms with van der Waals surface area (Å²) in [6.45, 7) is 0. The fourth-order valence-corrected chi connectivity index (χ4v) is 2.74. The number of nitrogens with one attached hydrogen (secondary N) is 1. The molecule has 0 aliphatic carbocycles. The predicted molar refractivity (Wildman–Crippen MR) is 62.7 cm³/mol. The monoisotopic (exact) mass is 216 g/mol. The van der Waals surface area contributed by atoms with Crippen LogP contribution in [0.4, 0.5) is 5.82 Å². The van der Waals surface area contributed by atoms with Gasteiger partial charge in [-0.15, -0.1) is 11.3 Å². The van der Waals surface area contributed by atoms with Crippen LogP contribution in [0.3, 0.4) is 0 Å². The number of thiophene rings is 1. The van der Waals surface area contributed by atoms with E-state index in [-0.39, 0.29) is 0 Å².